The van der Waals surface area contributed by atoms with Crippen LogP contribution in [0.15, 0.2) is 53.4 Å². The van der Waals surface area contributed by atoms with E-state index in [-0.39, 0.29) is 10.8 Å². The predicted molar refractivity (Wildman–Crippen MR) is 133 cm³/mol. The lowest BCUT2D eigenvalue weighted by Crippen LogP contribution is -2.49. The van der Waals surface area contributed by atoms with E-state index in [1.807, 2.05) is 39.0 Å². The number of benzene rings is 2. The summed E-state index contributed by atoms with van der Waals surface area (Å²) in [5.41, 5.74) is 4.59. The molecule has 0 radical (unpaired) electrons. The molecule has 0 bridgehead atoms. The van der Waals surface area contributed by atoms with Gasteiger partial charge in [-0.05, 0) is 51.1 Å². The number of carbonyl (C=O) groups excluding carboxylic acids is 1. The number of nitrogens with zero attached hydrogens (tertiary/aromatic N) is 4. The Bertz CT molecular complexity index is 1310. The van der Waals surface area contributed by atoms with Crippen LogP contribution in [0.3, 0.4) is 0 Å². The lowest BCUT2D eigenvalue weighted by Gasteiger charge is -2.35. The summed E-state index contributed by atoms with van der Waals surface area (Å²) in [6.07, 6.45) is 0. The molecule has 0 aliphatic carbocycles. The number of carbonyl (C=O) groups is 1. The zero-order valence-electron chi connectivity index (χ0n) is 19.9. The largest absolute Gasteiger partial charge is 0.354 e. The number of rotatable bonds is 5. The Morgan fingerprint density at radius 3 is 2.24 bits per heavy atom. The van der Waals surface area contributed by atoms with Gasteiger partial charge in [-0.15, -0.1) is 0 Å². The average molecular weight is 480 g/mol. The Labute approximate surface area is 200 Å². The summed E-state index contributed by atoms with van der Waals surface area (Å²) in [6.45, 7) is 9.22. The fourth-order valence-corrected chi connectivity index (χ4v) is 5.46. The molecule has 1 amide bonds. The van der Waals surface area contributed by atoms with E-state index < -0.39 is 10.0 Å². The van der Waals surface area contributed by atoms with Gasteiger partial charge in [0.05, 0.1) is 4.90 Å². The van der Waals surface area contributed by atoms with E-state index in [2.05, 4.69) is 21.3 Å². The summed E-state index contributed by atoms with van der Waals surface area (Å²) >= 11 is 0. The minimum atomic E-state index is -3.63. The highest BCUT2D eigenvalue weighted by Crippen LogP contribution is 2.27. The Morgan fingerprint density at radius 2 is 1.62 bits per heavy atom. The molecule has 8 nitrogen and oxygen atoms in total. The molecule has 1 aliphatic heterocycles. The van der Waals surface area contributed by atoms with E-state index in [4.69, 9.17) is 4.98 Å². The second-order valence-electron chi connectivity index (χ2n) is 8.55. The predicted octanol–water partition coefficient (Wildman–Crippen LogP) is 3.54. The van der Waals surface area contributed by atoms with Crippen molar-refractivity contribution in [1.82, 2.24) is 14.3 Å². The van der Waals surface area contributed by atoms with E-state index in [0.717, 1.165) is 28.2 Å². The first-order valence-electron chi connectivity index (χ1n) is 11.2. The zero-order chi connectivity index (χ0) is 24.5. The molecule has 9 heteroatoms. The summed E-state index contributed by atoms with van der Waals surface area (Å²) < 4.78 is 27.8. The third kappa shape index (κ3) is 4.95. The highest BCUT2D eigenvalue weighted by atomic mass is 32.2. The van der Waals surface area contributed by atoms with Crippen LogP contribution in [0.2, 0.25) is 0 Å². The van der Waals surface area contributed by atoms with Crippen molar-refractivity contribution in [1.29, 1.82) is 0 Å². The van der Waals surface area contributed by atoms with E-state index in [9.17, 15) is 13.2 Å². The van der Waals surface area contributed by atoms with Crippen molar-refractivity contribution in [2.24, 2.45) is 0 Å². The van der Waals surface area contributed by atoms with Gasteiger partial charge in [0.15, 0.2) is 5.82 Å². The third-order valence-corrected chi connectivity index (χ3v) is 7.90. The standard InChI is InChI=1S/C25H29N5O3S/c1-17-6-5-7-21(16-17)24-26-19(3)18(2)25(28-24)29-12-14-30(15-13-29)34(32,33)23-10-8-22(9-11-23)27-20(4)31/h5-11,16H,12-15H2,1-4H3,(H,27,31). The smallest absolute Gasteiger partial charge is 0.243 e. The maximum atomic E-state index is 13.2. The van der Waals surface area contributed by atoms with Crippen LogP contribution in [-0.4, -0.2) is 54.8 Å². The second kappa shape index (κ2) is 9.52. The van der Waals surface area contributed by atoms with Crippen molar-refractivity contribution in [2.45, 2.75) is 32.6 Å². The number of amides is 1. The molecule has 2 heterocycles. The van der Waals surface area contributed by atoms with Gasteiger partial charge in [-0.1, -0.05) is 23.8 Å². The minimum Gasteiger partial charge on any atom is -0.354 e. The Balaban J connectivity index is 1.52. The van der Waals surface area contributed by atoms with Crippen molar-refractivity contribution in [2.75, 3.05) is 36.4 Å². The fourth-order valence-electron chi connectivity index (χ4n) is 4.04. The summed E-state index contributed by atoms with van der Waals surface area (Å²) in [5, 5.41) is 2.65. The van der Waals surface area contributed by atoms with Gasteiger partial charge >= 0.3 is 0 Å². The second-order valence-corrected chi connectivity index (χ2v) is 10.5. The molecule has 1 aliphatic rings. The molecule has 0 saturated carbocycles. The number of anilines is 2. The number of hydrogen-bond acceptors (Lipinski definition) is 6. The number of piperazine rings is 1. The molecule has 178 valence electrons. The van der Waals surface area contributed by atoms with Gasteiger partial charge in [0.1, 0.15) is 5.82 Å². The van der Waals surface area contributed by atoms with Crippen LogP contribution in [0.1, 0.15) is 23.7 Å². The van der Waals surface area contributed by atoms with Gasteiger partial charge in [0.2, 0.25) is 15.9 Å². The lowest BCUT2D eigenvalue weighted by atomic mass is 10.1. The third-order valence-electron chi connectivity index (χ3n) is 5.99. The molecule has 3 aromatic rings. The first-order chi connectivity index (χ1) is 16.1. The summed E-state index contributed by atoms with van der Waals surface area (Å²) in [5.74, 6) is 1.32. The van der Waals surface area contributed by atoms with E-state index >= 15 is 0 Å². The SMILES string of the molecule is CC(=O)Nc1ccc(S(=O)(=O)N2CCN(c3nc(-c4cccc(C)c4)nc(C)c3C)CC2)cc1. The molecular formula is C25H29N5O3S. The molecule has 0 atom stereocenters. The Kier molecular flexibility index (Phi) is 6.67. The van der Waals surface area contributed by atoms with Crippen molar-refractivity contribution in [3.8, 4) is 11.4 Å². The molecule has 0 unspecified atom stereocenters. The van der Waals surface area contributed by atoms with Gasteiger partial charge in [-0.25, -0.2) is 18.4 Å². The number of aromatic nitrogens is 2. The highest BCUT2D eigenvalue weighted by Gasteiger charge is 2.30. The van der Waals surface area contributed by atoms with Crippen LogP contribution < -0.4 is 10.2 Å². The first-order valence-corrected chi connectivity index (χ1v) is 12.6. The number of sulfonamides is 1. The summed E-state index contributed by atoms with van der Waals surface area (Å²) in [6, 6.07) is 14.4. The Hall–Kier alpha value is -3.30. The van der Waals surface area contributed by atoms with E-state index in [1.54, 1.807) is 12.1 Å². The normalized spacial score (nSPS) is 14.8. The highest BCUT2D eigenvalue weighted by molar-refractivity contribution is 7.89. The van der Waals surface area contributed by atoms with Crippen LogP contribution in [0.5, 0.6) is 0 Å². The molecular weight excluding hydrogens is 450 g/mol. The van der Waals surface area contributed by atoms with Crippen molar-refractivity contribution in [3.63, 3.8) is 0 Å². The fraction of sp³-hybridized carbons (Fsp3) is 0.320. The van der Waals surface area contributed by atoms with Crippen molar-refractivity contribution < 1.29 is 13.2 Å². The van der Waals surface area contributed by atoms with Gasteiger partial charge in [0.25, 0.3) is 0 Å². The molecule has 1 aromatic heterocycles. The minimum absolute atomic E-state index is 0.201. The maximum Gasteiger partial charge on any atom is 0.243 e. The van der Waals surface area contributed by atoms with Crippen LogP contribution in [0.25, 0.3) is 11.4 Å². The number of hydrogen-bond donors (Lipinski definition) is 1. The van der Waals surface area contributed by atoms with Gasteiger partial charge in [-0.3, -0.25) is 4.79 Å². The number of nitrogens with one attached hydrogen (secondary N) is 1. The summed E-state index contributed by atoms with van der Waals surface area (Å²) in [4.78, 5) is 23.1. The number of aryl methyl sites for hydroxylation is 2. The lowest BCUT2D eigenvalue weighted by molar-refractivity contribution is -0.114. The van der Waals surface area contributed by atoms with Gasteiger partial charge in [-0.2, -0.15) is 4.31 Å². The maximum absolute atomic E-state index is 13.2. The first kappa shape index (κ1) is 23.8. The topological polar surface area (TPSA) is 95.5 Å². The molecule has 0 spiro atoms. The van der Waals surface area contributed by atoms with Crippen LogP contribution in [0.4, 0.5) is 11.5 Å². The zero-order valence-corrected chi connectivity index (χ0v) is 20.7. The van der Waals surface area contributed by atoms with Crippen LogP contribution in [0, 0.1) is 20.8 Å². The quantitative estimate of drug-likeness (QED) is 0.601. The van der Waals surface area contributed by atoms with Crippen molar-refractivity contribution in [3.05, 3.63) is 65.4 Å². The molecule has 2 aromatic carbocycles. The summed E-state index contributed by atoms with van der Waals surface area (Å²) in [7, 11) is -3.63. The molecule has 1 N–H and O–H groups in total. The van der Waals surface area contributed by atoms with E-state index in [1.165, 1.54) is 23.4 Å². The van der Waals surface area contributed by atoms with Crippen LogP contribution >= 0.6 is 0 Å². The molecule has 1 fully saturated rings. The van der Waals surface area contributed by atoms with Crippen LogP contribution in [-0.2, 0) is 14.8 Å². The molecule has 34 heavy (non-hydrogen) atoms. The average Bonchev–Trinajstić information content (AvgIpc) is 2.81. The van der Waals surface area contributed by atoms with Gasteiger partial charge in [0, 0.05) is 55.6 Å². The Morgan fingerprint density at radius 1 is 0.941 bits per heavy atom. The molecule has 4 rings (SSSR count). The van der Waals surface area contributed by atoms with Crippen molar-refractivity contribution >= 4 is 27.4 Å². The van der Waals surface area contributed by atoms with Gasteiger partial charge < -0.3 is 10.2 Å². The van der Waals surface area contributed by atoms with E-state index in [0.29, 0.717) is 37.7 Å². The monoisotopic (exact) mass is 479 g/mol. The molecule has 1 saturated heterocycles.